The first-order chi connectivity index (χ1) is 9.17. The summed E-state index contributed by atoms with van der Waals surface area (Å²) in [6, 6.07) is 7.92. The molecule has 1 aromatic rings. The number of aryl methyl sites for hydroxylation is 1. The Labute approximate surface area is 115 Å². The third-order valence-corrected chi connectivity index (χ3v) is 2.95. The van der Waals surface area contributed by atoms with E-state index in [2.05, 4.69) is 6.92 Å². The number of carbonyl (C=O) groups excluding carboxylic acids is 1. The van der Waals surface area contributed by atoms with Crippen molar-refractivity contribution >= 4 is 5.91 Å². The smallest absolute Gasteiger partial charge is 0.260 e. The van der Waals surface area contributed by atoms with Gasteiger partial charge in [0.25, 0.3) is 5.91 Å². The van der Waals surface area contributed by atoms with Crippen molar-refractivity contribution in [3.8, 4) is 5.75 Å². The maximum atomic E-state index is 11.8. The summed E-state index contributed by atoms with van der Waals surface area (Å²) in [6.07, 6.45) is 3.01. The Morgan fingerprint density at radius 1 is 1.32 bits per heavy atom. The fourth-order valence-electron chi connectivity index (χ4n) is 1.75. The Morgan fingerprint density at radius 2 is 2.00 bits per heavy atom. The lowest BCUT2D eigenvalue weighted by atomic mass is 10.1. The van der Waals surface area contributed by atoms with Crippen LogP contribution in [-0.4, -0.2) is 37.6 Å². The van der Waals surface area contributed by atoms with Crippen LogP contribution in [-0.2, 0) is 11.2 Å². The van der Waals surface area contributed by atoms with Crippen LogP contribution in [0.15, 0.2) is 24.3 Å². The van der Waals surface area contributed by atoms with Crippen molar-refractivity contribution in [2.45, 2.75) is 26.2 Å². The number of amides is 1. The second-order valence-corrected chi connectivity index (χ2v) is 4.64. The summed E-state index contributed by atoms with van der Waals surface area (Å²) >= 11 is 0. The minimum Gasteiger partial charge on any atom is -0.484 e. The molecular formula is C15H24N2O2. The van der Waals surface area contributed by atoms with Crippen molar-refractivity contribution in [1.29, 1.82) is 0 Å². The molecule has 0 saturated heterocycles. The molecule has 0 aromatic heterocycles. The fraction of sp³-hybridized carbons (Fsp3) is 0.533. The molecule has 0 atom stereocenters. The fourth-order valence-corrected chi connectivity index (χ4v) is 1.75. The standard InChI is InChI=1S/C15H24N2O2/c1-3-5-13-6-8-14(9-7-13)19-12-15(18)17(2)11-4-10-16/h6-9H,3-5,10-12,16H2,1-2H3. The lowest BCUT2D eigenvalue weighted by molar-refractivity contribution is -0.132. The van der Waals surface area contributed by atoms with E-state index in [4.69, 9.17) is 10.5 Å². The van der Waals surface area contributed by atoms with Crippen LogP contribution < -0.4 is 10.5 Å². The molecule has 0 unspecified atom stereocenters. The van der Waals surface area contributed by atoms with Crippen molar-refractivity contribution in [2.24, 2.45) is 5.73 Å². The molecule has 0 fully saturated rings. The van der Waals surface area contributed by atoms with Crippen LogP contribution in [0, 0.1) is 0 Å². The summed E-state index contributed by atoms with van der Waals surface area (Å²) in [6.45, 7) is 3.50. The monoisotopic (exact) mass is 264 g/mol. The van der Waals surface area contributed by atoms with Gasteiger partial charge in [-0.05, 0) is 37.1 Å². The number of carbonyl (C=O) groups is 1. The highest BCUT2D eigenvalue weighted by Crippen LogP contribution is 2.13. The summed E-state index contributed by atoms with van der Waals surface area (Å²) in [5.41, 5.74) is 6.70. The van der Waals surface area contributed by atoms with Gasteiger partial charge >= 0.3 is 0 Å². The van der Waals surface area contributed by atoms with E-state index < -0.39 is 0 Å². The molecule has 1 amide bonds. The van der Waals surface area contributed by atoms with Crippen LogP contribution in [0.2, 0.25) is 0 Å². The van der Waals surface area contributed by atoms with E-state index in [0.29, 0.717) is 13.1 Å². The molecule has 0 saturated carbocycles. The van der Waals surface area contributed by atoms with Gasteiger partial charge in [-0.1, -0.05) is 25.5 Å². The lowest BCUT2D eigenvalue weighted by Gasteiger charge is -2.17. The zero-order valence-corrected chi connectivity index (χ0v) is 11.9. The number of nitrogens with zero attached hydrogens (tertiary/aromatic N) is 1. The van der Waals surface area contributed by atoms with Crippen molar-refractivity contribution < 1.29 is 9.53 Å². The van der Waals surface area contributed by atoms with Gasteiger partial charge in [0.15, 0.2) is 6.61 Å². The first kappa shape index (κ1) is 15.5. The van der Waals surface area contributed by atoms with Crippen molar-refractivity contribution in [2.75, 3.05) is 26.7 Å². The first-order valence-electron chi connectivity index (χ1n) is 6.83. The lowest BCUT2D eigenvalue weighted by Crippen LogP contribution is -2.33. The molecule has 0 bridgehead atoms. The number of hydrogen-bond donors (Lipinski definition) is 1. The third-order valence-electron chi connectivity index (χ3n) is 2.95. The number of nitrogens with two attached hydrogens (primary N) is 1. The van der Waals surface area contributed by atoms with Gasteiger partial charge in [-0.15, -0.1) is 0 Å². The van der Waals surface area contributed by atoms with Gasteiger partial charge in [-0.2, -0.15) is 0 Å². The number of ether oxygens (including phenoxy) is 1. The summed E-state index contributed by atoms with van der Waals surface area (Å²) < 4.78 is 5.48. The Kier molecular flexibility index (Phi) is 6.97. The van der Waals surface area contributed by atoms with Crippen molar-refractivity contribution in [1.82, 2.24) is 4.90 Å². The van der Waals surface area contributed by atoms with E-state index in [-0.39, 0.29) is 12.5 Å². The minimum absolute atomic E-state index is 0.0221. The van der Waals surface area contributed by atoms with E-state index in [1.165, 1.54) is 5.56 Å². The molecule has 2 N–H and O–H groups in total. The van der Waals surface area contributed by atoms with Gasteiger partial charge in [-0.3, -0.25) is 4.79 Å². The molecule has 106 valence electrons. The van der Waals surface area contributed by atoms with E-state index in [1.54, 1.807) is 11.9 Å². The molecule has 1 aromatic carbocycles. The predicted molar refractivity (Wildman–Crippen MR) is 77.2 cm³/mol. The van der Waals surface area contributed by atoms with Crippen molar-refractivity contribution in [3.05, 3.63) is 29.8 Å². The van der Waals surface area contributed by atoms with Crippen LogP contribution in [0.4, 0.5) is 0 Å². The maximum Gasteiger partial charge on any atom is 0.260 e. The number of hydrogen-bond acceptors (Lipinski definition) is 3. The van der Waals surface area contributed by atoms with Gasteiger partial charge in [0, 0.05) is 13.6 Å². The van der Waals surface area contributed by atoms with E-state index in [0.717, 1.165) is 25.0 Å². The average molecular weight is 264 g/mol. The molecule has 0 aliphatic rings. The normalized spacial score (nSPS) is 10.3. The largest absolute Gasteiger partial charge is 0.484 e. The Hall–Kier alpha value is -1.55. The minimum atomic E-state index is -0.0221. The highest BCUT2D eigenvalue weighted by Gasteiger charge is 2.08. The highest BCUT2D eigenvalue weighted by atomic mass is 16.5. The van der Waals surface area contributed by atoms with Crippen molar-refractivity contribution in [3.63, 3.8) is 0 Å². The van der Waals surface area contributed by atoms with Crippen LogP contribution in [0.1, 0.15) is 25.3 Å². The number of benzene rings is 1. The van der Waals surface area contributed by atoms with Gasteiger partial charge < -0.3 is 15.4 Å². The van der Waals surface area contributed by atoms with Gasteiger partial charge in [-0.25, -0.2) is 0 Å². The molecule has 4 nitrogen and oxygen atoms in total. The topological polar surface area (TPSA) is 55.6 Å². The van der Waals surface area contributed by atoms with E-state index >= 15 is 0 Å². The zero-order chi connectivity index (χ0) is 14.1. The zero-order valence-electron chi connectivity index (χ0n) is 11.9. The Balaban J connectivity index is 2.37. The van der Waals surface area contributed by atoms with Gasteiger partial charge in [0.1, 0.15) is 5.75 Å². The predicted octanol–water partition coefficient (Wildman–Crippen LogP) is 1.83. The first-order valence-corrected chi connectivity index (χ1v) is 6.83. The quantitative estimate of drug-likeness (QED) is 0.779. The average Bonchev–Trinajstić information content (AvgIpc) is 2.44. The molecular weight excluding hydrogens is 240 g/mol. The summed E-state index contributed by atoms with van der Waals surface area (Å²) in [4.78, 5) is 13.4. The maximum absolute atomic E-state index is 11.8. The van der Waals surface area contributed by atoms with E-state index in [9.17, 15) is 4.79 Å². The molecule has 0 aliphatic heterocycles. The third kappa shape index (κ3) is 5.75. The number of likely N-dealkylation sites (N-methyl/N-ethyl adjacent to an activating group) is 1. The Bertz CT molecular complexity index is 376. The van der Waals surface area contributed by atoms with Crippen LogP contribution in [0.25, 0.3) is 0 Å². The second kappa shape index (κ2) is 8.53. The number of rotatable bonds is 8. The molecule has 0 radical (unpaired) electrons. The second-order valence-electron chi connectivity index (χ2n) is 4.64. The summed E-state index contributed by atoms with van der Waals surface area (Å²) in [5, 5.41) is 0. The summed E-state index contributed by atoms with van der Waals surface area (Å²) in [7, 11) is 1.77. The summed E-state index contributed by atoms with van der Waals surface area (Å²) in [5.74, 6) is 0.714. The highest BCUT2D eigenvalue weighted by molar-refractivity contribution is 5.77. The van der Waals surface area contributed by atoms with Gasteiger partial charge in [0.2, 0.25) is 0 Å². The Morgan fingerprint density at radius 3 is 2.58 bits per heavy atom. The van der Waals surface area contributed by atoms with Gasteiger partial charge in [0.05, 0.1) is 0 Å². The molecule has 1 rings (SSSR count). The van der Waals surface area contributed by atoms with Crippen LogP contribution in [0.5, 0.6) is 5.75 Å². The van der Waals surface area contributed by atoms with Crippen LogP contribution in [0.3, 0.4) is 0 Å². The SMILES string of the molecule is CCCc1ccc(OCC(=O)N(C)CCCN)cc1. The molecule has 0 heterocycles. The van der Waals surface area contributed by atoms with Crippen LogP contribution >= 0.6 is 0 Å². The van der Waals surface area contributed by atoms with E-state index in [1.807, 2.05) is 24.3 Å². The molecule has 19 heavy (non-hydrogen) atoms. The molecule has 0 aliphatic carbocycles. The molecule has 4 heteroatoms. The molecule has 0 spiro atoms.